The number of hydrogen-bond acceptors (Lipinski definition) is 4. The molecule has 4 nitrogen and oxygen atoms in total. The molecule has 2 heterocycles. The summed E-state index contributed by atoms with van der Waals surface area (Å²) >= 11 is 0. The van der Waals surface area contributed by atoms with Crippen molar-refractivity contribution in [3.8, 4) is 0 Å². The van der Waals surface area contributed by atoms with E-state index in [0.717, 1.165) is 18.0 Å². The van der Waals surface area contributed by atoms with Gasteiger partial charge in [0.25, 0.3) is 0 Å². The molecule has 0 aliphatic carbocycles. The number of dihydropyridines is 1. The van der Waals surface area contributed by atoms with Gasteiger partial charge in [0.15, 0.2) is 0 Å². The molecule has 0 radical (unpaired) electrons. The van der Waals surface area contributed by atoms with Crippen LogP contribution < -0.4 is 16.4 Å². The summed E-state index contributed by atoms with van der Waals surface area (Å²) in [6, 6.07) is 0. The van der Waals surface area contributed by atoms with Crippen LogP contribution in [0.15, 0.2) is 23.7 Å². The first-order chi connectivity index (χ1) is 4.86. The topological polar surface area (TPSA) is 59.3 Å². The summed E-state index contributed by atoms with van der Waals surface area (Å²) in [7, 11) is 0. The Morgan fingerprint density at radius 2 is 2.60 bits per heavy atom. The Balaban J connectivity index is 2.21. The smallest absolute Gasteiger partial charge is 0.225 e. The highest BCUT2D eigenvalue weighted by Crippen LogP contribution is 2.14. The molecule has 4 heteroatoms. The molecule has 0 aromatic heterocycles. The molecular weight excluding hydrogens is 130 g/mol. The highest BCUT2D eigenvalue weighted by atomic mass is 16.5. The van der Waals surface area contributed by atoms with Gasteiger partial charge in [-0.3, -0.25) is 5.73 Å². The molecule has 0 amide bonds. The normalized spacial score (nSPS) is 28.7. The minimum Gasteiger partial charge on any atom is -0.458 e. The van der Waals surface area contributed by atoms with E-state index in [1.807, 2.05) is 12.3 Å². The lowest BCUT2D eigenvalue weighted by Gasteiger charge is -2.07. The summed E-state index contributed by atoms with van der Waals surface area (Å²) in [5.74, 6) is 0.898. The van der Waals surface area contributed by atoms with E-state index in [4.69, 9.17) is 10.5 Å². The highest BCUT2D eigenvalue weighted by molar-refractivity contribution is 5.27. The number of allylic oxidation sites excluding steroid dienone is 1. The van der Waals surface area contributed by atoms with Crippen LogP contribution in [0, 0.1) is 0 Å². The van der Waals surface area contributed by atoms with Gasteiger partial charge in [0.05, 0.1) is 12.2 Å². The standard InChI is InChI=1S/C6H9N3O/c7-6-9-4-1-2-8-3-5(4)10-6/h1-2,6,8-9H,3,7H2. The minimum atomic E-state index is -0.366. The lowest BCUT2D eigenvalue weighted by atomic mass is 10.3. The first-order valence-electron chi connectivity index (χ1n) is 3.18. The molecule has 10 heavy (non-hydrogen) atoms. The predicted molar refractivity (Wildman–Crippen MR) is 36.4 cm³/mol. The van der Waals surface area contributed by atoms with Gasteiger partial charge in [0, 0.05) is 0 Å². The first-order valence-corrected chi connectivity index (χ1v) is 3.18. The molecule has 0 saturated carbocycles. The average Bonchev–Trinajstić information content (AvgIpc) is 2.27. The van der Waals surface area contributed by atoms with Gasteiger partial charge in [-0.2, -0.15) is 0 Å². The molecular formula is C6H9N3O. The fourth-order valence-electron chi connectivity index (χ4n) is 1.05. The van der Waals surface area contributed by atoms with Gasteiger partial charge >= 0.3 is 0 Å². The minimum absolute atomic E-state index is 0.366. The Labute approximate surface area is 58.7 Å². The molecule has 0 saturated heterocycles. The van der Waals surface area contributed by atoms with Crippen LogP contribution in [0.1, 0.15) is 0 Å². The molecule has 0 aromatic carbocycles. The van der Waals surface area contributed by atoms with Gasteiger partial charge in [0.2, 0.25) is 6.35 Å². The molecule has 1 atom stereocenters. The SMILES string of the molecule is NC1NC2=C(CNC=C2)O1. The molecule has 0 aromatic rings. The zero-order valence-electron chi connectivity index (χ0n) is 5.42. The van der Waals surface area contributed by atoms with E-state index in [1.165, 1.54) is 0 Å². The van der Waals surface area contributed by atoms with Crippen LogP contribution in [-0.2, 0) is 4.74 Å². The summed E-state index contributed by atoms with van der Waals surface area (Å²) in [5.41, 5.74) is 6.45. The van der Waals surface area contributed by atoms with E-state index in [2.05, 4.69) is 10.6 Å². The quantitative estimate of drug-likeness (QED) is 0.410. The Kier molecular flexibility index (Phi) is 1.07. The largest absolute Gasteiger partial charge is 0.458 e. The number of rotatable bonds is 0. The van der Waals surface area contributed by atoms with Crippen LogP contribution in [0.2, 0.25) is 0 Å². The van der Waals surface area contributed by atoms with Crippen LogP contribution in [0.5, 0.6) is 0 Å². The first kappa shape index (κ1) is 5.61. The Morgan fingerprint density at radius 1 is 1.70 bits per heavy atom. The van der Waals surface area contributed by atoms with E-state index in [9.17, 15) is 0 Å². The lowest BCUT2D eigenvalue weighted by molar-refractivity contribution is 0.131. The third-order valence-corrected chi connectivity index (χ3v) is 1.50. The van der Waals surface area contributed by atoms with Crippen LogP contribution >= 0.6 is 0 Å². The molecule has 1 unspecified atom stereocenters. The second-order valence-corrected chi connectivity index (χ2v) is 2.23. The van der Waals surface area contributed by atoms with Crippen molar-refractivity contribution in [3.63, 3.8) is 0 Å². The van der Waals surface area contributed by atoms with Crippen molar-refractivity contribution in [1.82, 2.24) is 10.6 Å². The Hall–Kier alpha value is -1.16. The second kappa shape index (κ2) is 1.91. The highest BCUT2D eigenvalue weighted by Gasteiger charge is 2.20. The van der Waals surface area contributed by atoms with Gasteiger partial charge in [-0.05, 0) is 12.3 Å². The number of hydrogen-bond donors (Lipinski definition) is 3. The maximum atomic E-state index is 5.46. The molecule has 54 valence electrons. The maximum absolute atomic E-state index is 5.46. The zero-order valence-corrected chi connectivity index (χ0v) is 5.42. The van der Waals surface area contributed by atoms with Gasteiger partial charge < -0.3 is 15.4 Å². The fourth-order valence-corrected chi connectivity index (χ4v) is 1.05. The summed E-state index contributed by atoms with van der Waals surface area (Å²) in [4.78, 5) is 0. The summed E-state index contributed by atoms with van der Waals surface area (Å²) < 4.78 is 5.20. The monoisotopic (exact) mass is 139 g/mol. The van der Waals surface area contributed by atoms with Crippen LogP contribution in [0.25, 0.3) is 0 Å². The summed E-state index contributed by atoms with van der Waals surface area (Å²) in [6.07, 6.45) is 3.41. The number of nitrogens with one attached hydrogen (secondary N) is 2. The van der Waals surface area contributed by atoms with Crippen molar-refractivity contribution in [3.05, 3.63) is 23.7 Å². The third-order valence-electron chi connectivity index (χ3n) is 1.50. The van der Waals surface area contributed by atoms with E-state index < -0.39 is 0 Å². The molecule has 0 fully saturated rings. The fraction of sp³-hybridized carbons (Fsp3) is 0.333. The van der Waals surface area contributed by atoms with E-state index in [1.54, 1.807) is 0 Å². The number of nitrogens with two attached hydrogens (primary N) is 1. The summed E-state index contributed by atoms with van der Waals surface area (Å²) in [6.45, 7) is 0.729. The van der Waals surface area contributed by atoms with Gasteiger partial charge in [0.1, 0.15) is 5.76 Å². The van der Waals surface area contributed by atoms with Crippen molar-refractivity contribution in [2.75, 3.05) is 6.54 Å². The van der Waals surface area contributed by atoms with Crippen LogP contribution in [0.3, 0.4) is 0 Å². The predicted octanol–water partition coefficient (Wildman–Crippen LogP) is -0.823. The lowest BCUT2D eigenvalue weighted by Crippen LogP contribution is -2.32. The van der Waals surface area contributed by atoms with Crippen LogP contribution in [-0.4, -0.2) is 12.9 Å². The average molecular weight is 139 g/mol. The maximum Gasteiger partial charge on any atom is 0.225 e. The summed E-state index contributed by atoms with van der Waals surface area (Å²) in [5, 5.41) is 5.98. The zero-order chi connectivity index (χ0) is 6.97. The molecule has 4 N–H and O–H groups in total. The molecule has 2 rings (SSSR count). The third kappa shape index (κ3) is 0.733. The van der Waals surface area contributed by atoms with Gasteiger partial charge in [-0.25, -0.2) is 0 Å². The van der Waals surface area contributed by atoms with Gasteiger partial charge in [-0.15, -0.1) is 0 Å². The Bertz CT molecular complexity index is 209. The van der Waals surface area contributed by atoms with Crippen molar-refractivity contribution < 1.29 is 4.74 Å². The van der Waals surface area contributed by atoms with Gasteiger partial charge in [-0.1, -0.05) is 0 Å². The number of ether oxygens (including phenoxy) is 1. The molecule has 2 aliphatic rings. The molecule has 0 spiro atoms. The molecule has 2 aliphatic heterocycles. The van der Waals surface area contributed by atoms with Crippen molar-refractivity contribution in [2.24, 2.45) is 5.73 Å². The van der Waals surface area contributed by atoms with E-state index >= 15 is 0 Å². The Morgan fingerprint density at radius 3 is 3.40 bits per heavy atom. The van der Waals surface area contributed by atoms with E-state index in [-0.39, 0.29) is 6.35 Å². The van der Waals surface area contributed by atoms with Crippen molar-refractivity contribution in [1.29, 1.82) is 0 Å². The van der Waals surface area contributed by atoms with Crippen LogP contribution in [0.4, 0.5) is 0 Å². The van der Waals surface area contributed by atoms with Crippen molar-refractivity contribution >= 4 is 0 Å². The van der Waals surface area contributed by atoms with E-state index in [0.29, 0.717) is 0 Å². The van der Waals surface area contributed by atoms with Crippen molar-refractivity contribution in [2.45, 2.75) is 6.35 Å². The molecule has 0 bridgehead atoms. The second-order valence-electron chi connectivity index (χ2n) is 2.23.